The van der Waals surface area contributed by atoms with E-state index in [0.717, 1.165) is 5.56 Å². The summed E-state index contributed by atoms with van der Waals surface area (Å²) in [5, 5.41) is 5.20. The molecule has 0 radical (unpaired) electrons. The van der Waals surface area contributed by atoms with E-state index in [-0.39, 0.29) is 18.3 Å². The van der Waals surface area contributed by atoms with Crippen LogP contribution in [0, 0.1) is 11.7 Å². The van der Waals surface area contributed by atoms with Gasteiger partial charge in [-0.05, 0) is 30.0 Å². The fraction of sp³-hybridized carbons (Fsp3) is 0.467. The topological polar surface area (TPSA) is 67.4 Å². The van der Waals surface area contributed by atoms with Crippen molar-refractivity contribution < 1.29 is 18.7 Å². The highest BCUT2D eigenvalue weighted by molar-refractivity contribution is 5.83. The third-order valence-corrected chi connectivity index (χ3v) is 2.86. The van der Waals surface area contributed by atoms with Gasteiger partial charge in [0.25, 0.3) is 0 Å². The molecule has 0 spiro atoms. The van der Waals surface area contributed by atoms with Crippen LogP contribution in [0.2, 0.25) is 0 Å². The van der Waals surface area contributed by atoms with Gasteiger partial charge in [0.15, 0.2) is 0 Å². The number of methoxy groups -OCH3 is 1. The average molecular weight is 296 g/mol. The molecule has 1 rings (SSSR count). The molecule has 5 nitrogen and oxygen atoms in total. The van der Waals surface area contributed by atoms with E-state index in [4.69, 9.17) is 0 Å². The van der Waals surface area contributed by atoms with Crippen molar-refractivity contribution in [3.63, 3.8) is 0 Å². The van der Waals surface area contributed by atoms with Gasteiger partial charge < -0.3 is 15.4 Å². The quantitative estimate of drug-likeness (QED) is 0.791. The number of halogens is 1. The number of nitrogens with one attached hydrogen (secondary N) is 2. The zero-order valence-corrected chi connectivity index (χ0v) is 12.5. The molecule has 0 aliphatic carbocycles. The van der Waals surface area contributed by atoms with Crippen molar-refractivity contribution in [1.29, 1.82) is 0 Å². The van der Waals surface area contributed by atoms with E-state index < -0.39 is 18.0 Å². The van der Waals surface area contributed by atoms with Crippen LogP contribution in [0.15, 0.2) is 24.3 Å². The zero-order valence-electron chi connectivity index (χ0n) is 12.5. The smallest absolute Gasteiger partial charge is 0.328 e. The molecular weight excluding hydrogens is 275 g/mol. The van der Waals surface area contributed by atoms with Gasteiger partial charge in [-0.1, -0.05) is 26.0 Å². The Balaban J connectivity index is 2.49. The lowest BCUT2D eigenvalue weighted by Crippen LogP contribution is -2.46. The van der Waals surface area contributed by atoms with Gasteiger partial charge in [-0.2, -0.15) is 0 Å². The fourth-order valence-electron chi connectivity index (χ4n) is 1.82. The second-order valence-electron chi connectivity index (χ2n) is 5.16. The molecule has 0 fully saturated rings. The summed E-state index contributed by atoms with van der Waals surface area (Å²) in [5.74, 6) is -0.557. The third kappa shape index (κ3) is 6.25. The van der Waals surface area contributed by atoms with Crippen LogP contribution in [0.4, 0.5) is 9.18 Å². The summed E-state index contributed by atoms with van der Waals surface area (Å²) in [6.07, 6.45) is 0.497. The number of amides is 2. The van der Waals surface area contributed by atoms with Crippen LogP contribution < -0.4 is 10.6 Å². The normalized spacial score (nSPS) is 11.9. The molecule has 1 atom stereocenters. The van der Waals surface area contributed by atoms with Crippen LogP contribution >= 0.6 is 0 Å². The standard InChI is InChI=1S/C15H21FN2O3/c1-10(2)8-13(14(19)21-3)18-15(20)17-9-11-4-6-12(16)7-5-11/h4-7,10,13H,8-9H2,1-3H3,(H2,17,18,20). The molecule has 0 bridgehead atoms. The number of ether oxygens (including phenoxy) is 1. The average Bonchev–Trinajstić information content (AvgIpc) is 2.44. The molecule has 1 unspecified atom stereocenters. The van der Waals surface area contributed by atoms with E-state index in [0.29, 0.717) is 6.42 Å². The summed E-state index contributed by atoms with van der Waals surface area (Å²) < 4.78 is 17.4. The number of urea groups is 1. The highest BCUT2D eigenvalue weighted by Crippen LogP contribution is 2.06. The highest BCUT2D eigenvalue weighted by Gasteiger charge is 2.22. The third-order valence-electron chi connectivity index (χ3n) is 2.86. The van der Waals surface area contributed by atoms with E-state index >= 15 is 0 Å². The lowest BCUT2D eigenvalue weighted by atomic mass is 10.0. The van der Waals surface area contributed by atoms with E-state index in [1.807, 2.05) is 13.8 Å². The Morgan fingerprint density at radius 2 is 1.86 bits per heavy atom. The van der Waals surface area contributed by atoms with Gasteiger partial charge in [0.05, 0.1) is 7.11 Å². The number of carbonyl (C=O) groups is 2. The first kappa shape index (κ1) is 16.9. The van der Waals surface area contributed by atoms with E-state index in [2.05, 4.69) is 15.4 Å². The van der Waals surface area contributed by atoms with E-state index in [9.17, 15) is 14.0 Å². The van der Waals surface area contributed by atoms with Gasteiger partial charge in [-0.25, -0.2) is 14.0 Å². The Labute approximate surface area is 123 Å². The summed E-state index contributed by atoms with van der Waals surface area (Å²) in [4.78, 5) is 23.4. The van der Waals surface area contributed by atoms with Gasteiger partial charge in [-0.15, -0.1) is 0 Å². The predicted octanol–water partition coefficient (Wildman–Crippen LogP) is 2.21. The number of rotatable bonds is 6. The molecule has 0 aromatic heterocycles. The van der Waals surface area contributed by atoms with Crippen molar-refractivity contribution in [2.75, 3.05) is 7.11 Å². The van der Waals surface area contributed by atoms with E-state index in [1.165, 1.54) is 19.2 Å². The molecule has 2 amide bonds. The van der Waals surface area contributed by atoms with Crippen molar-refractivity contribution >= 4 is 12.0 Å². The molecule has 0 aliphatic heterocycles. The van der Waals surface area contributed by atoms with Crippen LogP contribution in [0.5, 0.6) is 0 Å². The van der Waals surface area contributed by atoms with Crippen molar-refractivity contribution in [3.05, 3.63) is 35.6 Å². The summed E-state index contributed by atoms with van der Waals surface area (Å²) >= 11 is 0. The molecule has 2 N–H and O–H groups in total. The predicted molar refractivity (Wildman–Crippen MR) is 77.0 cm³/mol. The number of esters is 1. The van der Waals surface area contributed by atoms with Crippen LogP contribution in [0.25, 0.3) is 0 Å². The van der Waals surface area contributed by atoms with Gasteiger partial charge in [-0.3, -0.25) is 0 Å². The zero-order chi connectivity index (χ0) is 15.8. The summed E-state index contributed by atoms with van der Waals surface area (Å²) in [5.41, 5.74) is 0.769. The first-order valence-corrected chi connectivity index (χ1v) is 6.79. The minimum atomic E-state index is -0.678. The molecule has 21 heavy (non-hydrogen) atoms. The Morgan fingerprint density at radius 3 is 2.38 bits per heavy atom. The van der Waals surface area contributed by atoms with E-state index in [1.54, 1.807) is 12.1 Å². The van der Waals surface area contributed by atoms with Gasteiger partial charge in [0, 0.05) is 6.54 Å². The molecule has 0 heterocycles. The Hall–Kier alpha value is -2.11. The minimum Gasteiger partial charge on any atom is -0.467 e. The second-order valence-corrected chi connectivity index (χ2v) is 5.16. The highest BCUT2D eigenvalue weighted by atomic mass is 19.1. The van der Waals surface area contributed by atoms with Crippen molar-refractivity contribution in [2.45, 2.75) is 32.9 Å². The number of hydrogen-bond donors (Lipinski definition) is 2. The van der Waals surface area contributed by atoms with Gasteiger partial charge in [0.1, 0.15) is 11.9 Å². The number of carbonyl (C=O) groups excluding carboxylic acids is 2. The van der Waals surface area contributed by atoms with Crippen LogP contribution in [0.3, 0.4) is 0 Å². The lowest BCUT2D eigenvalue weighted by molar-refractivity contribution is -0.143. The maximum absolute atomic E-state index is 12.8. The molecular formula is C15H21FN2O3. The molecule has 0 saturated carbocycles. The Kier molecular flexibility index (Phi) is 6.65. The van der Waals surface area contributed by atoms with Crippen molar-refractivity contribution in [1.82, 2.24) is 10.6 Å². The molecule has 1 aromatic carbocycles. The first-order valence-electron chi connectivity index (χ1n) is 6.79. The first-order chi connectivity index (χ1) is 9.92. The number of benzene rings is 1. The lowest BCUT2D eigenvalue weighted by Gasteiger charge is -2.18. The monoisotopic (exact) mass is 296 g/mol. The molecule has 0 saturated heterocycles. The van der Waals surface area contributed by atoms with Gasteiger partial charge in [0.2, 0.25) is 0 Å². The Morgan fingerprint density at radius 1 is 1.24 bits per heavy atom. The number of hydrogen-bond acceptors (Lipinski definition) is 3. The molecule has 0 aliphatic rings. The summed E-state index contributed by atoms with van der Waals surface area (Å²) in [6.45, 7) is 4.16. The maximum atomic E-state index is 12.8. The minimum absolute atomic E-state index is 0.242. The summed E-state index contributed by atoms with van der Waals surface area (Å²) in [6, 6.07) is 4.68. The van der Waals surface area contributed by atoms with Crippen molar-refractivity contribution in [2.24, 2.45) is 5.92 Å². The van der Waals surface area contributed by atoms with Crippen molar-refractivity contribution in [3.8, 4) is 0 Å². The van der Waals surface area contributed by atoms with Crippen LogP contribution in [0.1, 0.15) is 25.8 Å². The molecule has 6 heteroatoms. The van der Waals surface area contributed by atoms with Crippen LogP contribution in [-0.4, -0.2) is 25.2 Å². The SMILES string of the molecule is COC(=O)C(CC(C)C)NC(=O)NCc1ccc(F)cc1. The molecule has 116 valence electrons. The maximum Gasteiger partial charge on any atom is 0.328 e. The molecule has 1 aromatic rings. The Bertz CT molecular complexity index is 474. The second kappa shape index (κ2) is 8.24. The van der Waals surface area contributed by atoms with Crippen LogP contribution in [-0.2, 0) is 16.1 Å². The largest absolute Gasteiger partial charge is 0.467 e. The van der Waals surface area contributed by atoms with Gasteiger partial charge >= 0.3 is 12.0 Å². The fourth-order valence-corrected chi connectivity index (χ4v) is 1.82. The summed E-state index contributed by atoms with van der Waals surface area (Å²) in [7, 11) is 1.29.